The second kappa shape index (κ2) is 10.2. The standard InChI is InChI=1S/C22H27N3O3S/c1-4-24(5-2)13-14-25(21(26)16-28-17-9-7-6-8-10-17)22-23-19-15-18(27-3)11-12-20(19)29-22/h6-12,15H,4-5,13-14,16H2,1-3H3. The van der Waals surface area contributed by atoms with E-state index < -0.39 is 0 Å². The lowest BCUT2D eigenvalue weighted by atomic mass is 10.3. The van der Waals surface area contributed by atoms with Crippen LogP contribution < -0.4 is 14.4 Å². The summed E-state index contributed by atoms with van der Waals surface area (Å²) in [5.74, 6) is 1.33. The Balaban J connectivity index is 1.80. The molecule has 0 atom stereocenters. The average molecular weight is 414 g/mol. The monoisotopic (exact) mass is 413 g/mol. The highest BCUT2D eigenvalue weighted by Crippen LogP contribution is 2.31. The van der Waals surface area contributed by atoms with Crippen molar-refractivity contribution in [2.24, 2.45) is 0 Å². The van der Waals surface area contributed by atoms with Crippen LogP contribution >= 0.6 is 11.3 Å². The molecule has 0 fully saturated rings. The molecule has 3 rings (SSSR count). The zero-order valence-electron chi connectivity index (χ0n) is 17.1. The number of hydrogen-bond donors (Lipinski definition) is 0. The predicted molar refractivity (Wildman–Crippen MR) is 118 cm³/mol. The maximum Gasteiger partial charge on any atom is 0.266 e. The molecule has 0 unspecified atom stereocenters. The molecule has 3 aromatic rings. The average Bonchev–Trinajstić information content (AvgIpc) is 3.18. The van der Waals surface area contributed by atoms with Crippen LogP contribution in [-0.2, 0) is 4.79 Å². The number of hydrogen-bond acceptors (Lipinski definition) is 6. The molecule has 0 spiro atoms. The number of aromatic nitrogens is 1. The first-order chi connectivity index (χ1) is 14.1. The van der Waals surface area contributed by atoms with Crippen molar-refractivity contribution < 1.29 is 14.3 Å². The van der Waals surface area contributed by atoms with Crippen molar-refractivity contribution in [3.05, 3.63) is 48.5 Å². The Bertz CT molecular complexity index is 925. The van der Waals surface area contributed by atoms with Gasteiger partial charge in [-0.3, -0.25) is 9.69 Å². The highest BCUT2D eigenvalue weighted by molar-refractivity contribution is 7.22. The Labute approximate surface area is 175 Å². The summed E-state index contributed by atoms with van der Waals surface area (Å²) in [6.07, 6.45) is 0. The highest BCUT2D eigenvalue weighted by Gasteiger charge is 2.21. The third kappa shape index (κ3) is 5.46. The van der Waals surface area contributed by atoms with Crippen LogP contribution in [0.25, 0.3) is 10.2 Å². The fourth-order valence-corrected chi connectivity index (χ4v) is 3.97. The lowest BCUT2D eigenvalue weighted by Gasteiger charge is -2.24. The van der Waals surface area contributed by atoms with Gasteiger partial charge in [0.2, 0.25) is 0 Å². The van der Waals surface area contributed by atoms with E-state index in [2.05, 4.69) is 18.7 Å². The van der Waals surface area contributed by atoms with Gasteiger partial charge in [-0.15, -0.1) is 0 Å². The van der Waals surface area contributed by atoms with Crippen molar-refractivity contribution in [3.63, 3.8) is 0 Å². The van der Waals surface area contributed by atoms with Crippen LogP contribution in [0.1, 0.15) is 13.8 Å². The first kappa shape index (κ1) is 21.1. The lowest BCUT2D eigenvalue weighted by Crippen LogP contribution is -2.41. The third-order valence-corrected chi connectivity index (χ3v) is 5.81. The first-order valence-corrected chi connectivity index (χ1v) is 10.6. The summed E-state index contributed by atoms with van der Waals surface area (Å²) in [6.45, 7) is 7.45. The van der Waals surface area contributed by atoms with Crippen LogP contribution in [0.3, 0.4) is 0 Å². The van der Waals surface area contributed by atoms with E-state index in [0.29, 0.717) is 17.4 Å². The number of ether oxygens (including phenoxy) is 2. The van der Waals surface area contributed by atoms with Crippen LogP contribution in [0, 0.1) is 0 Å². The molecule has 0 radical (unpaired) electrons. The normalized spacial score (nSPS) is 11.0. The quantitative estimate of drug-likeness (QED) is 0.502. The van der Waals surface area contributed by atoms with E-state index in [0.717, 1.165) is 35.6 Å². The molecule has 29 heavy (non-hydrogen) atoms. The van der Waals surface area contributed by atoms with Gasteiger partial charge < -0.3 is 14.4 Å². The van der Waals surface area contributed by atoms with Crippen LogP contribution in [0.4, 0.5) is 5.13 Å². The van der Waals surface area contributed by atoms with Crippen LogP contribution in [0.2, 0.25) is 0 Å². The van der Waals surface area contributed by atoms with Gasteiger partial charge in [0.25, 0.3) is 5.91 Å². The molecule has 0 saturated heterocycles. The molecular formula is C22H27N3O3S. The third-order valence-electron chi connectivity index (χ3n) is 4.76. The number of fused-ring (bicyclic) bond motifs is 1. The van der Waals surface area contributed by atoms with Crippen molar-refractivity contribution in [2.45, 2.75) is 13.8 Å². The fourth-order valence-electron chi connectivity index (χ4n) is 2.99. The van der Waals surface area contributed by atoms with E-state index in [1.165, 1.54) is 11.3 Å². The maximum absolute atomic E-state index is 13.0. The van der Waals surface area contributed by atoms with Gasteiger partial charge in [-0.1, -0.05) is 43.4 Å². The van der Waals surface area contributed by atoms with E-state index in [1.807, 2.05) is 48.5 Å². The molecule has 7 heteroatoms. The zero-order chi connectivity index (χ0) is 20.6. The van der Waals surface area contributed by atoms with Crippen molar-refractivity contribution >= 4 is 32.6 Å². The first-order valence-electron chi connectivity index (χ1n) is 9.79. The molecule has 0 N–H and O–H groups in total. The molecular weight excluding hydrogens is 386 g/mol. The molecule has 0 saturated carbocycles. The minimum Gasteiger partial charge on any atom is -0.497 e. The van der Waals surface area contributed by atoms with Crippen molar-refractivity contribution in [3.8, 4) is 11.5 Å². The Morgan fingerprint density at radius 3 is 2.48 bits per heavy atom. The Kier molecular flexibility index (Phi) is 7.43. The number of carbonyl (C=O) groups excluding carboxylic acids is 1. The number of rotatable bonds is 10. The van der Waals surface area contributed by atoms with Gasteiger partial charge in [0.15, 0.2) is 11.7 Å². The maximum atomic E-state index is 13.0. The molecule has 0 bridgehead atoms. The summed E-state index contributed by atoms with van der Waals surface area (Å²) in [7, 11) is 1.63. The number of thiazole rings is 1. The number of benzene rings is 2. The molecule has 0 aliphatic carbocycles. The van der Waals surface area contributed by atoms with Gasteiger partial charge in [0, 0.05) is 19.2 Å². The highest BCUT2D eigenvalue weighted by atomic mass is 32.1. The topological polar surface area (TPSA) is 54.9 Å². The molecule has 0 aliphatic heterocycles. The SMILES string of the molecule is CCN(CC)CCN(C(=O)COc1ccccc1)c1nc2cc(OC)ccc2s1. The van der Waals surface area contributed by atoms with Gasteiger partial charge in [0.05, 0.1) is 17.3 Å². The number of anilines is 1. The van der Waals surface area contributed by atoms with Crippen molar-refractivity contribution in [1.82, 2.24) is 9.88 Å². The number of amides is 1. The van der Waals surface area contributed by atoms with Gasteiger partial charge in [-0.2, -0.15) is 0 Å². The number of likely N-dealkylation sites (N-methyl/N-ethyl adjacent to an activating group) is 1. The molecule has 1 aromatic heterocycles. The summed E-state index contributed by atoms with van der Waals surface area (Å²) in [6, 6.07) is 15.2. The zero-order valence-corrected chi connectivity index (χ0v) is 17.9. The molecule has 1 heterocycles. The second-order valence-electron chi connectivity index (χ2n) is 6.50. The number of methoxy groups -OCH3 is 1. The predicted octanol–water partition coefficient (Wildman–Crippen LogP) is 4.06. The van der Waals surface area contributed by atoms with Crippen LogP contribution in [0.15, 0.2) is 48.5 Å². The Morgan fingerprint density at radius 2 is 1.79 bits per heavy atom. The summed E-state index contributed by atoms with van der Waals surface area (Å²) in [4.78, 5) is 21.7. The number of nitrogens with zero attached hydrogens (tertiary/aromatic N) is 3. The van der Waals surface area contributed by atoms with Gasteiger partial charge in [-0.05, 0) is 37.4 Å². The van der Waals surface area contributed by atoms with Crippen LogP contribution in [0.5, 0.6) is 11.5 Å². The van der Waals surface area contributed by atoms with E-state index in [1.54, 1.807) is 12.0 Å². The molecule has 154 valence electrons. The van der Waals surface area contributed by atoms with Crippen molar-refractivity contribution in [1.29, 1.82) is 0 Å². The van der Waals surface area contributed by atoms with E-state index in [4.69, 9.17) is 14.5 Å². The second-order valence-corrected chi connectivity index (χ2v) is 7.51. The minimum absolute atomic E-state index is 0.0263. The van der Waals surface area contributed by atoms with Crippen molar-refractivity contribution in [2.75, 3.05) is 44.8 Å². The van der Waals surface area contributed by atoms with E-state index in [9.17, 15) is 4.79 Å². The minimum atomic E-state index is -0.105. The molecule has 2 aromatic carbocycles. The Morgan fingerprint density at radius 1 is 1.03 bits per heavy atom. The summed E-state index contributed by atoms with van der Waals surface area (Å²) in [5.41, 5.74) is 0.828. The van der Waals surface area contributed by atoms with Crippen LogP contribution in [-0.4, -0.2) is 55.7 Å². The summed E-state index contributed by atoms with van der Waals surface area (Å²) in [5, 5.41) is 0.682. The lowest BCUT2D eigenvalue weighted by molar-refractivity contribution is -0.120. The van der Waals surface area contributed by atoms with Gasteiger partial charge in [-0.25, -0.2) is 4.98 Å². The largest absolute Gasteiger partial charge is 0.497 e. The molecule has 0 aliphatic rings. The summed E-state index contributed by atoms with van der Waals surface area (Å²) >= 11 is 1.51. The number of carbonyl (C=O) groups is 1. The van der Waals surface area contributed by atoms with Gasteiger partial charge in [0.1, 0.15) is 11.5 Å². The van der Waals surface area contributed by atoms with E-state index in [-0.39, 0.29) is 12.5 Å². The fraction of sp³-hybridized carbons (Fsp3) is 0.364. The number of para-hydroxylation sites is 1. The van der Waals surface area contributed by atoms with Gasteiger partial charge >= 0.3 is 0 Å². The Hall–Kier alpha value is -2.64. The van der Waals surface area contributed by atoms with E-state index >= 15 is 0 Å². The molecule has 6 nitrogen and oxygen atoms in total. The summed E-state index contributed by atoms with van der Waals surface area (Å²) < 4.78 is 12.0. The molecule has 1 amide bonds. The smallest absolute Gasteiger partial charge is 0.266 e.